The Morgan fingerprint density at radius 2 is 1.78 bits per heavy atom. The summed E-state index contributed by atoms with van der Waals surface area (Å²) in [6, 6.07) is 24.2. The van der Waals surface area contributed by atoms with Gasteiger partial charge in [0.05, 0.1) is 23.2 Å². The van der Waals surface area contributed by atoms with Crippen LogP contribution in [0.3, 0.4) is 0 Å². The predicted octanol–water partition coefficient (Wildman–Crippen LogP) is 4.83. The summed E-state index contributed by atoms with van der Waals surface area (Å²) in [5.41, 5.74) is 9.49. The van der Waals surface area contributed by atoms with Gasteiger partial charge in [-0.05, 0) is 68.1 Å². The number of carbonyl (C=O) groups excluding carboxylic acids is 1. The first-order chi connectivity index (χ1) is 17.8. The first-order valence-corrected chi connectivity index (χ1v) is 11.9. The van der Waals surface area contributed by atoms with E-state index < -0.39 is 5.54 Å². The molecule has 1 heterocycles. The third-order valence-electron chi connectivity index (χ3n) is 5.84. The van der Waals surface area contributed by atoms with Gasteiger partial charge in [0.15, 0.2) is 0 Å². The van der Waals surface area contributed by atoms with Gasteiger partial charge in [-0.2, -0.15) is 5.26 Å². The largest absolute Gasteiger partial charge is 0.419 e. The standard InChI is InChI=1S/C30H27N5O2/c1-4-10-20(2)33-27(36)24-15-23(26-14-9-8-13-22(26)19-31)16-25(17-24)28-34-35-29(37-28)30(3,32)18-21-11-6-5-7-12-21/h5-9,11-17,20H,18,32H2,1-3H3,(H,33,36)/t20-,30+/m1/s1. The van der Waals surface area contributed by atoms with E-state index in [-0.39, 0.29) is 23.7 Å². The van der Waals surface area contributed by atoms with E-state index in [0.29, 0.717) is 34.2 Å². The molecule has 1 aromatic heterocycles. The van der Waals surface area contributed by atoms with E-state index in [2.05, 4.69) is 33.4 Å². The molecule has 0 aliphatic heterocycles. The summed E-state index contributed by atoms with van der Waals surface area (Å²) in [6.07, 6.45) is 0.509. The van der Waals surface area contributed by atoms with Crippen LogP contribution in [-0.4, -0.2) is 22.1 Å². The van der Waals surface area contributed by atoms with E-state index in [1.54, 1.807) is 31.2 Å². The van der Waals surface area contributed by atoms with Crippen LogP contribution in [0.2, 0.25) is 0 Å². The van der Waals surface area contributed by atoms with Crippen LogP contribution < -0.4 is 11.1 Å². The molecule has 3 N–H and O–H groups in total. The highest BCUT2D eigenvalue weighted by molar-refractivity contribution is 5.97. The second kappa shape index (κ2) is 10.9. The molecule has 7 heteroatoms. The van der Waals surface area contributed by atoms with Crippen LogP contribution in [0.15, 0.2) is 77.2 Å². The second-order valence-electron chi connectivity index (χ2n) is 9.04. The molecule has 37 heavy (non-hydrogen) atoms. The first-order valence-electron chi connectivity index (χ1n) is 11.9. The summed E-state index contributed by atoms with van der Waals surface area (Å²) in [7, 11) is 0. The molecular formula is C30H27N5O2. The summed E-state index contributed by atoms with van der Waals surface area (Å²) in [4.78, 5) is 13.1. The average Bonchev–Trinajstić information content (AvgIpc) is 3.40. The van der Waals surface area contributed by atoms with Crippen molar-refractivity contribution in [3.05, 3.63) is 95.4 Å². The van der Waals surface area contributed by atoms with Crippen molar-refractivity contribution in [2.75, 3.05) is 0 Å². The van der Waals surface area contributed by atoms with Crippen molar-refractivity contribution in [1.29, 1.82) is 5.26 Å². The quantitative estimate of drug-likeness (QED) is 0.359. The van der Waals surface area contributed by atoms with Crippen LogP contribution in [0, 0.1) is 23.2 Å². The Labute approximate surface area is 216 Å². The normalized spacial score (nSPS) is 12.9. The summed E-state index contributed by atoms with van der Waals surface area (Å²) < 4.78 is 6.04. The third-order valence-corrected chi connectivity index (χ3v) is 5.84. The lowest BCUT2D eigenvalue weighted by molar-refractivity contribution is 0.0948. The molecule has 184 valence electrons. The molecule has 0 fully saturated rings. The molecular weight excluding hydrogens is 462 g/mol. The maximum atomic E-state index is 13.1. The maximum Gasteiger partial charge on any atom is 0.252 e. The highest BCUT2D eigenvalue weighted by Gasteiger charge is 2.29. The summed E-state index contributed by atoms with van der Waals surface area (Å²) >= 11 is 0. The topological polar surface area (TPSA) is 118 Å². The molecule has 4 aromatic rings. The van der Waals surface area contributed by atoms with Gasteiger partial charge < -0.3 is 15.5 Å². The predicted molar refractivity (Wildman–Crippen MR) is 142 cm³/mol. The van der Waals surface area contributed by atoms with Crippen LogP contribution in [0.25, 0.3) is 22.6 Å². The van der Waals surface area contributed by atoms with Crippen molar-refractivity contribution in [3.63, 3.8) is 0 Å². The number of hydrogen-bond donors (Lipinski definition) is 2. The van der Waals surface area contributed by atoms with Gasteiger partial charge in [-0.25, -0.2) is 0 Å². The molecule has 0 bridgehead atoms. The molecule has 7 nitrogen and oxygen atoms in total. The zero-order valence-electron chi connectivity index (χ0n) is 20.9. The van der Waals surface area contributed by atoms with Gasteiger partial charge in [-0.15, -0.1) is 16.1 Å². The summed E-state index contributed by atoms with van der Waals surface area (Å²) in [5, 5.41) is 21.0. The molecule has 1 amide bonds. The number of nitrogens with two attached hydrogens (primary N) is 1. The molecule has 3 aromatic carbocycles. The van der Waals surface area contributed by atoms with Crippen LogP contribution in [0.1, 0.15) is 48.1 Å². The number of aromatic nitrogens is 2. The van der Waals surface area contributed by atoms with Gasteiger partial charge in [-0.1, -0.05) is 54.5 Å². The van der Waals surface area contributed by atoms with Gasteiger partial charge in [0.25, 0.3) is 5.91 Å². The van der Waals surface area contributed by atoms with Crippen molar-refractivity contribution >= 4 is 5.91 Å². The molecule has 0 spiro atoms. The molecule has 4 rings (SSSR count). The number of benzene rings is 3. The Bertz CT molecular complexity index is 1520. The van der Waals surface area contributed by atoms with Crippen molar-refractivity contribution in [2.24, 2.45) is 5.73 Å². The van der Waals surface area contributed by atoms with Crippen molar-refractivity contribution < 1.29 is 9.21 Å². The highest BCUT2D eigenvalue weighted by Crippen LogP contribution is 2.31. The molecule has 0 radical (unpaired) electrons. The number of hydrogen-bond acceptors (Lipinski definition) is 6. The van der Waals surface area contributed by atoms with Gasteiger partial charge >= 0.3 is 0 Å². The SMILES string of the molecule is CC#C[C@@H](C)NC(=O)c1cc(-c2nnc([C@@](C)(N)Cc3ccccc3)o2)cc(-c2ccccc2C#N)c1. The Hall–Kier alpha value is -4.72. The molecule has 0 saturated carbocycles. The van der Waals surface area contributed by atoms with Crippen LogP contribution in [0.4, 0.5) is 0 Å². The minimum absolute atomic E-state index is 0.228. The first kappa shape index (κ1) is 25.4. The Balaban J connectivity index is 1.75. The zero-order chi connectivity index (χ0) is 26.4. The lowest BCUT2D eigenvalue weighted by atomic mass is 9.94. The lowest BCUT2D eigenvalue weighted by Gasteiger charge is -2.20. The molecule has 0 aliphatic rings. The summed E-state index contributed by atoms with van der Waals surface area (Å²) in [6.45, 7) is 5.37. The van der Waals surface area contributed by atoms with E-state index >= 15 is 0 Å². The van der Waals surface area contributed by atoms with Crippen LogP contribution >= 0.6 is 0 Å². The number of nitrogens with one attached hydrogen (secondary N) is 1. The van der Waals surface area contributed by atoms with Gasteiger partial charge in [0.1, 0.15) is 0 Å². The number of amides is 1. The minimum Gasteiger partial charge on any atom is -0.419 e. The number of nitriles is 1. The molecule has 2 atom stereocenters. The molecule has 0 unspecified atom stereocenters. The Morgan fingerprint density at radius 3 is 2.51 bits per heavy atom. The van der Waals surface area contributed by atoms with Crippen molar-refractivity contribution in [3.8, 4) is 40.5 Å². The number of carbonyl (C=O) groups is 1. The third kappa shape index (κ3) is 5.92. The van der Waals surface area contributed by atoms with E-state index in [4.69, 9.17) is 10.2 Å². The van der Waals surface area contributed by atoms with Gasteiger partial charge in [0, 0.05) is 11.1 Å². The average molecular weight is 490 g/mol. The zero-order valence-corrected chi connectivity index (χ0v) is 20.9. The Morgan fingerprint density at radius 1 is 1.08 bits per heavy atom. The van der Waals surface area contributed by atoms with Crippen LogP contribution in [0.5, 0.6) is 0 Å². The fraction of sp³-hybridized carbons (Fsp3) is 0.200. The smallest absolute Gasteiger partial charge is 0.252 e. The van der Waals surface area contributed by atoms with Crippen molar-refractivity contribution in [2.45, 2.75) is 38.8 Å². The number of rotatable bonds is 7. The van der Waals surface area contributed by atoms with Crippen LogP contribution in [-0.2, 0) is 12.0 Å². The van der Waals surface area contributed by atoms with Gasteiger partial charge in [-0.3, -0.25) is 4.79 Å². The fourth-order valence-electron chi connectivity index (χ4n) is 4.07. The monoisotopic (exact) mass is 489 g/mol. The maximum absolute atomic E-state index is 13.1. The van der Waals surface area contributed by atoms with E-state index in [0.717, 1.165) is 5.56 Å². The highest BCUT2D eigenvalue weighted by atomic mass is 16.4. The van der Waals surface area contributed by atoms with E-state index in [9.17, 15) is 10.1 Å². The second-order valence-corrected chi connectivity index (χ2v) is 9.04. The fourth-order valence-corrected chi connectivity index (χ4v) is 4.07. The summed E-state index contributed by atoms with van der Waals surface area (Å²) in [5.74, 6) is 5.93. The molecule has 0 saturated heterocycles. The lowest BCUT2D eigenvalue weighted by Crippen LogP contribution is -2.35. The molecule has 0 aliphatic carbocycles. The minimum atomic E-state index is -0.897. The number of nitrogens with zero attached hydrogens (tertiary/aromatic N) is 3. The Kier molecular flexibility index (Phi) is 7.48. The van der Waals surface area contributed by atoms with Gasteiger partial charge in [0.2, 0.25) is 11.8 Å². The van der Waals surface area contributed by atoms with E-state index in [1.165, 1.54) is 0 Å². The van der Waals surface area contributed by atoms with Crippen molar-refractivity contribution in [1.82, 2.24) is 15.5 Å². The van der Waals surface area contributed by atoms with E-state index in [1.807, 2.05) is 62.4 Å².